The summed E-state index contributed by atoms with van der Waals surface area (Å²) in [4.78, 5) is 10.6. The van der Waals surface area contributed by atoms with Gasteiger partial charge in [0.1, 0.15) is 5.82 Å². The molecule has 0 aromatic carbocycles. The third-order valence-corrected chi connectivity index (χ3v) is 3.65. The zero-order valence-corrected chi connectivity index (χ0v) is 10.4. The molecule has 2 heterocycles. The van der Waals surface area contributed by atoms with E-state index in [4.69, 9.17) is 5.73 Å². The van der Waals surface area contributed by atoms with Crippen molar-refractivity contribution in [3.63, 3.8) is 0 Å². The van der Waals surface area contributed by atoms with E-state index in [2.05, 4.69) is 21.8 Å². The van der Waals surface area contributed by atoms with Crippen molar-refractivity contribution in [3.8, 4) is 0 Å². The van der Waals surface area contributed by atoms with Crippen LogP contribution in [0.25, 0.3) is 0 Å². The van der Waals surface area contributed by atoms with E-state index in [0.717, 1.165) is 25.9 Å². The summed E-state index contributed by atoms with van der Waals surface area (Å²) in [5, 5.41) is 10.3. The van der Waals surface area contributed by atoms with Crippen LogP contribution in [-0.2, 0) is 0 Å². The molecule has 2 rings (SSSR count). The minimum absolute atomic E-state index is 0.251. The molecule has 1 fully saturated rings. The van der Waals surface area contributed by atoms with Crippen molar-refractivity contribution >= 4 is 11.8 Å². The van der Waals surface area contributed by atoms with Crippen LogP contribution in [0.5, 0.6) is 0 Å². The number of nitrogens with two attached hydrogens (primary N) is 1. The zero-order valence-electron chi connectivity index (χ0n) is 10.4. The molecule has 0 aliphatic carbocycles. The molecule has 5 nitrogen and oxygen atoms in total. The fourth-order valence-electron chi connectivity index (χ4n) is 2.38. The Morgan fingerprint density at radius 2 is 2.41 bits per heavy atom. The van der Waals surface area contributed by atoms with Crippen LogP contribution in [0.2, 0.25) is 0 Å². The van der Waals surface area contributed by atoms with Gasteiger partial charge in [-0.15, -0.1) is 0 Å². The maximum Gasteiger partial charge on any atom is 0.227 e. The van der Waals surface area contributed by atoms with Gasteiger partial charge in [-0.25, -0.2) is 4.98 Å². The number of hydrogen-bond donors (Lipinski definition) is 2. The molecule has 1 saturated heterocycles. The quantitative estimate of drug-likeness (QED) is 0.802. The summed E-state index contributed by atoms with van der Waals surface area (Å²) >= 11 is 0. The lowest BCUT2D eigenvalue weighted by molar-refractivity contribution is -0.0185. The van der Waals surface area contributed by atoms with Crippen molar-refractivity contribution in [2.24, 2.45) is 5.92 Å². The van der Waals surface area contributed by atoms with Crippen molar-refractivity contribution in [2.75, 3.05) is 23.7 Å². The predicted octanol–water partition coefficient (Wildman–Crippen LogP) is 1.05. The summed E-state index contributed by atoms with van der Waals surface area (Å²) in [6, 6.07) is 1.68. The van der Waals surface area contributed by atoms with E-state index in [1.165, 1.54) is 0 Å². The average Bonchev–Trinajstić information content (AvgIpc) is 2.28. The molecular weight excluding hydrogens is 216 g/mol. The Hall–Kier alpha value is -1.36. The average molecular weight is 236 g/mol. The number of nitrogen functional groups attached to an aromatic ring is 1. The largest absolute Gasteiger partial charge is 0.390 e. The first-order valence-corrected chi connectivity index (χ1v) is 6.09. The summed E-state index contributed by atoms with van der Waals surface area (Å²) in [6.07, 6.45) is 3.36. The van der Waals surface area contributed by atoms with Gasteiger partial charge in [0.2, 0.25) is 5.95 Å². The molecular formula is C12H20N4O. The molecule has 3 N–H and O–H groups in total. The molecule has 0 amide bonds. The number of rotatable bonds is 2. The Morgan fingerprint density at radius 1 is 1.65 bits per heavy atom. The van der Waals surface area contributed by atoms with Gasteiger partial charge >= 0.3 is 0 Å². The molecule has 5 heteroatoms. The fourth-order valence-corrected chi connectivity index (χ4v) is 2.38. The fraction of sp³-hybridized carbons (Fsp3) is 0.667. The van der Waals surface area contributed by atoms with E-state index in [0.29, 0.717) is 11.8 Å². The Morgan fingerprint density at radius 3 is 3.06 bits per heavy atom. The SMILES string of the molecule is CC[C@@H]1CN(c2nccc(N)n2)CC[C@]1(C)O. The highest BCUT2D eigenvalue weighted by Crippen LogP contribution is 2.31. The molecule has 0 saturated carbocycles. The first kappa shape index (κ1) is 12.1. The zero-order chi connectivity index (χ0) is 12.5. The summed E-state index contributed by atoms with van der Waals surface area (Å²) in [5.74, 6) is 1.40. The second-order valence-electron chi connectivity index (χ2n) is 4.94. The highest BCUT2D eigenvalue weighted by molar-refractivity contribution is 5.38. The summed E-state index contributed by atoms with van der Waals surface area (Å²) in [5.41, 5.74) is 5.08. The number of aromatic nitrogens is 2. The van der Waals surface area contributed by atoms with E-state index in [1.54, 1.807) is 12.3 Å². The third kappa shape index (κ3) is 2.49. The Bertz CT molecular complexity index is 394. The molecule has 1 aliphatic rings. The minimum Gasteiger partial charge on any atom is -0.390 e. The third-order valence-electron chi connectivity index (χ3n) is 3.65. The van der Waals surface area contributed by atoms with Gasteiger partial charge in [0.25, 0.3) is 0 Å². The molecule has 1 aliphatic heterocycles. The topological polar surface area (TPSA) is 75.3 Å². The Labute approximate surface area is 102 Å². The van der Waals surface area contributed by atoms with Crippen molar-refractivity contribution in [1.29, 1.82) is 0 Å². The maximum atomic E-state index is 10.3. The number of aliphatic hydroxyl groups is 1. The smallest absolute Gasteiger partial charge is 0.227 e. The Kier molecular flexibility index (Phi) is 3.19. The van der Waals surface area contributed by atoms with Crippen LogP contribution in [0.3, 0.4) is 0 Å². The van der Waals surface area contributed by atoms with Gasteiger partial charge in [-0.2, -0.15) is 4.98 Å². The summed E-state index contributed by atoms with van der Waals surface area (Å²) in [7, 11) is 0. The van der Waals surface area contributed by atoms with Gasteiger partial charge < -0.3 is 15.7 Å². The molecule has 1 aromatic heterocycles. The highest BCUT2D eigenvalue weighted by atomic mass is 16.3. The first-order valence-electron chi connectivity index (χ1n) is 6.09. The molecule has 17 heavy (non-hydrogen) atoms. The van der Waals surface area contributed by atoms with E-state index in [-0.39, 0.29) is 5.92 Å². The maximum absolute atomic E-state index is 10.3. The van der Waals surface area contributed by atoms with E-state index >= 15 is 0 Å². The van der Waals surface area contributed by atoms with Gasteiger partial charge in [0.15, 0.2) is 0 Å². The van der Waals surface area contributed by atoms with Gasteiger partial charge in [-0.1, -0.05) is 6.92 Å². The van der Waals surface area contributed by atoms with Crippen LogP contribution < -0.4 is 10.6 Å². The lowest BCUT2D eigenvalue weighted by Crippen LogP contribution is -2.50. The van der Waals surface area contributed by atoms with Crippen LogP contribution in [0.1, 0.15) is 26.7 Å². The van der Waals surface area contributed by atoms with Gasteiger partial charge in [0.05, 0.1) is 5.60 Å². The molecule has 1 aromatic rings. The van der Waals surface area contributed by atoms with Crippen molar-refractivity contribution in [1.82, 2.24) is 9.97 Å². The van der Waals surface area contributed by atoms with Crippen LogP contribution in [-0.4, -0.2) is 33.8 Å². The minimum atomic E-state index is -0.578. The monoisotopic (exact) mass is 236 g/mol. The summed E-state index contributed by atoms with van der Waals surface area (Å²) in [6.45, 7) is 5.57. The molecule has 0 bridgehead atoms. The number of nitrogens with zero attached hydrogens (tertiary/aromatic N) is 3. The highest BCUT2D eigenvalue weighted by Gasteiger charge is 2.37. The van der Waals surface area contributed by atoms with Crippen molar-refractivity contribution in [2.45, 2.75) is 32.3 Å². The second kappa shape index (κ2) is 4.49. The van der Waals surface area contributed by atoms with E-state index in [1.807, 2.05) is 6.92 Å². The van der Waals surface area contributed by atoms with Crippen LogP contribution in [0.4, 0.5) is 11.8 Å². The summed E-state index contributed by atoms with van der Waals surface area (Å²) < 4.78 is 0. The van der Waals surface area contributed by atoms with Crippen molar-refractivity contribution < 1.29 is 5.11 Å². The molecule has 0 spiro atoms. The van der Waals surface area contributed by atoms with Crippen LogP contribution in [0, 0.1) is 5.92 Å². The van der Waals surface area contributed by atoms with Crippen LogP contribution in [0.15, 0.2) is 12.3 Å². The first-order chi connectivity index (χ1) is 8.03. The predicted molar refractivity (Wildman–Crippen MR) is 67.7 cm³/mol. The molecule has 94 valence electrons. The van der Waals surface area contributed by atoms with E-state index < -0.39 is 5.60 Å². The lowest BCUT2D eigenvalue weighted by Gasteiger charge is -2.42. The second-order valence-corrected chi connectivity index (χ2v) is 4.94. The standard InChI is InChI=1S/C12H20N4O/c1-3-9-8-16(7-5-12(9,2)17)11-14-6-4-10(13)15-11/h4,6,9,17H,3,5,7-8H2,1-2H3,(H2,13,14,15)/t9-,12+/m1/s1. The number of hydrogen-bond acceptors (Lipinski definition) is 5. The number of piperidine rings is 1. The van der Waals surface area contributed by atoms with Crippen molar-refractivity contribution in [3.05, 3.63) is 12.3 Å². The molecule has 0 radical (unpaired) electrons. The molecule has 0 unspecified atom stereocenters. The van der Waals surface area contributed by atoms with E-state index in [9.17, 15) is 5.11 Å². The van der Waals surface area contributed by atoms with Gasteiger partial charge in [-0.3, -0.25) is 0 Å². The Balaban J connectivity index is 2.15. The lowest BCUT2D eigenvalue weighted by atomic mass is 9.81. The van der Waals surface area contributed by atoms with Crippen LogP contribution >= 0.6 is 0 Å². The van der Waals surface area contributed by atoms with Gasteiger partial charge in [-0.05, 0) is 25.8 Å². The number of anilines is 2. The molecule has 2 atom stereocenters. The van der Waals surface area contributed by atoms with Gasteiger partial charge in [0, 0.05) is 25.2 Å². The normalized spacial score (nSPS) is 29.4.